The first kappa shape index (κ1) is 11.4. The zero-order chi connectivity index (χ0) is 12.7. The van der Waals surface area contributed by atoms with Gasteiger partial charge in [0.1, 0.15) is 0 Å². The molecule has 0 fully saturated rings. The van der Waals surface area contributed by atoms with E-state index in [1.807, 2.05) is 0 Å². The average Bonchev–Trinajstić information content (AvgIpc) is 2.47. The van der Waals surface area contributed by atoms with E-state index in [0.29, 0.717) is 31.9 Å². The quantitative estimate of drug-likeness (QED) is 0.632. The van der Waals surface area contributed by atoms with Gasteiger partial charge in [-0.1, -0.05) is 23.2 Å². The molecule has 1 heterocycles. The van der Waals surface area contributed by atoms with Crippen LogP contribution in [-0.2, 0) is 0 Å². The second-order valence-corrected chi connectivity index (χ2v) is 4.72. The molecule has 18 heavy (non-hydrogen) atoms. The number of halogens is 2. The number of benzene rings is 2. The number of fused-ring (bicyclic) bond motifs is 2. The first-order chi connectivity index (χ1) is 8.65. The Balaban J connectivity index is 2.59. The summed E-state index contributed by atoms with van der Waals surface area (Å²) >= 11 is 11.8. The molecule has 0 saturated heterocycles. The Morgan fingerprint density at radius 3 is 1.67 bits per heavy atom. The summed E-state index contributed by atoms with van der Waals surface area (Å²) in [6.45, 7) is 0. The van der Waals surface area contributed by atoms with E-state index in [1.54, 1.807) is 36.4 Å². The van der Waals surface area contributed by atoms with E-state index in [9.17, 15) is 4.79 Å². The van der Waals surface area contributed by atoms with Gasteiger partial charge in [-0.15, -0.1) is 10.2 Å². The Kier molecular flexibility index (Phi) is 2.65. The topological polar surface area (TPSA) is 42.9 Å². The van der Waals surface area contributed by atoms with Gasteiger partial charge in [0, 0.05) is 10.0 Å². The van der Waals surface area contributed by atoms with E-state index < -0.39 is 0 Å². The number of rotatable bonds is 0. The lowest BCUT2D eigenvalue weighted by Gasteiger charge is -1.91. The Bertz CT molecular complexity index is 766. The highest BCUT2D eigenvalue weighted by atomic mass is 35.5. The number of nitrogens with zero attached hydrogens (tertiary/aromatic N) is 2. The van der Waals surface area contributed by atoms with Crippen molar-refractivity contribution in [3.05, 3.63) is 56.7 Å². The first-order valence-corrected chi connectivity index (χ1v) is 5.96. The minimum atomic E-state index is -0.127. The molecule has 1 aromatic heterocycles. The summed E-state index contributed by atoms with van der Waals surface area (Å²) in [7, 11) is 0. The molecular formula is C13H6Cl2N2O. The number of aromatic nitrogens is 2. The monoisotopic (exact) mass is 276 g/mol. The molecule has 0 radical (unpaired) electrons. The van der Waals surface area contributed by atoms with Crippen molar-refractivity contribution in [1.82, 2.24) is 10.2 Å². The molecule has 5 heteroatoms. The van der Waals surface area contributed by atoms with Gasteiger partial charge >= 0.3 is 0 Å². The van der Waals surface area contributed by atoms with Gasteiger partial charge in [-0.2, -0.15) is 0 Å². The molecule has 3 rings (SSSR count). The third-order valence-electron chi connectivity index (χ3n) is 2.67. The smallest absolute Gasteiger partial charge is 0.197 e. The van der Waals surface area contributed by atoms with Crippen LogP contribution in [0.3, 0.4) is 0 Å². The highest BCUT2D eigenvalue weighted by Gasteiger charge is 2.05. The van der Waals surface area contributed by atoms with Gasteiger partial charge in [-0.25, -0.2) is 0 Å². The molecule has 3 nitrogen and oxygen atoms in total. The largest absolute Gasteiger partial charge is 0.288 e. The van der Waals surface area contributed by atoms with E-state index in [1.165, 1.54) is 0 Å². The van der Waals surface area contributed by atoms with E-state index in [4.69, 9.17) is 23.2 Å². The predicted octanol–water partition coefficient (Wildman–Crippen LogP) is 3.45. The molecule has 0 atom stereocenters. The molecule has 2 aromatic carbocycles. The molecule has 0 N–H and O–H groups in total. The van der Waals surface area contributed by atoms with Crippen LogP contribution < -0.4 is 5.43 Å². The zero-order valence-electron chi connectivity index (χ0n) is 9.02. The van der Waals surface area contributed by atoms with Crippen molar-refractivity contribution >= 4 is 45.0 Å². The second kappa shape index (κ2) is 4.19. The van der Waals surface area contributed by atoms with Crippen LogP contribution in [0.25, 0.3) is 21.8 Å². The summed E-state index contributed by atoms with van der Waals surface area (Å²) in [5.41, 5.74) is 0.818. The van der Waals surface area contributed by atoms with Gasteiger partial charge in [-0.3, -0.25) is 4.79 Å². The van der Waals surface area contributed by atoms with E-state index >= 15 is 0 Å². The van der Waals surface area contributed by atoms with Gasteiger partial charge in [0.05, 0.1) is 21.8 Å². The van der Waals surface area contributed by atoms with E-state index in [0.717, 1.165) is 0 Å². The maximum absolute atomic E-state index is 12.3. The van der Waals surface area contributed by atoms with Crippen LogP contribution >= 0.6 is 23.2 Å². The van der Waals surface area contributed by atoms with Crippen molar-refractivity contribution in [3.63, 3.8) is 0 Å². The van der Waals surface area contributed by atoms with Gasteiger partial charge in [0.25, 0.3) is 0 Å². The van der Waals surface area contributed by atoms with Crippen molar-refractivity contribution in [2.75, 3.05) is 0 Å². The van der Waals surface area contributed by atoms with Gasteiger partial charge in [0.15, 0.2) is 5.43 Å². The molecule has 0 aliphatic rings. The standard InChI is InChI=1S/C13H6Cl2N2O/c14-7-1-3-9-11(5-7)16-17-12-6-8(15)2-4-10(12)13(9)18/h1-6H. The first-order valence-electron chi connectivity index (χ1n) is 5.21. The minimum Gasteiger partial charge on any atom is -0.288 e. The Labute approximate surface area is 112 Å². The van der Waals surface area contributed by atoms with E-state index in [2.05, 4.69) is 10.2 Å². The molecular weight excluding hydrogens is 271 g/mol. The molecule has 0 aliphatic carbocycles. The van der Waals surface area contributed by atoms with Crippen molar-refractivity contribution < 1.29 is 0 Å². The van der Waals surface area contributed by atoms with Crippen molar-refractivity contribution in [1.29, 1.82) is 0 Å². The van der Waals surface area contributed by atoms with Crippen LogP contribution in [0, 0.1) is 0 Å². The molecule has 0 amide bonds. The van der Waals surface area contributed by atoms with Crippen molar-refractivity contribution in [3.8, 4) is 0 Å². The summed E-state index contributed by atoms with van der Waals surface area (Å²) in [5.74, 6) is 0. The minimum absolute atomic E-state index is 0.127. The molecule has 0 bridgehead atoms. The number of hydrogen-bond acceptors (Lipinski definition) is 3. The predicted molar refractivity (Wildman–Crippen MR) is 73.3 cm³/mol. The van der Waals surface area contributed by atoms with Crippen molar-refractivity contribution in [2.24, 2.45) is 0 Å². The second-order valence-electron chi connectivity index (χ2n) is 3.85. The van der Waals surface area contributed by atoms with Crippen LogP contribution in [0.15, 0.2) is 41.2 Å². The summed E-state index contributed by atoms with van der Waals surface area (Å²) in [5, 5.41) is 10.1. The van der Waals surface area contributed by atoms with Gasteiger partial charge in [0.2, 0.25) is 0 Å². The third-order valence-corrected chi connectivity index (χ3v) is 3.14. The lowest BCUT2D eigenvalue weighted by Crippen LogP contribution is -1.98. The summed E-state index contributed by atoms with van der Waals surface area (Å²) in [6, 6.07) is 9.87. The van der Waals surface area contributed by atoms with Crippen LogP contribution in [-0.4, -0.2) is 10.2 Å². The summed E-state index contributed by atoms with van der Waals surface area (Å²) in [4.78, 5) is 12.3. The maximum Gasteiger partial charge on any atom is 0.197 e. The summed E-state index contributed by atoms with van der Waals surface area (Å²) in [6.07, 6.45) is 0. The molecule has 0 saturated carbocycles. The SMILES string of the molecule is O=c1c2ccc(Cl)cc2nnc2cc(Cl)ccc12. The van der Waals surface area contributed by atoms with Crippen molar-refractivity contribution in [2.45, 2.75) is 0 Å². The fourth-order valence-corrected chi connectivity index (χ4v) is 2.14. The fourth-order valence-electron chi connectivity index (χ4n) is 1.81. The van der Waals surface area contributed by atoms with Gasteiger partial charge < -0.3 is 0 Å². The lowest BCUT2D eigenvalue weighted by molar-refractivity contribution is 1.13. The molecule has 0 aliphatic heterocycles. The number of hydrogen-bond donors (Lipinski definition) is 0. The van der Waals surface area contributed by atoms with Crippen LogP contribution in [0.1, 0.15) is 0 Å². The zero-order valence-corrected chi connectivity index (χ0v) is 10.5. The highest BCUT2D eigenvalue weighted by Crippen LogP contribution is 2.18. The molecule has 3 aromatic rings. The third kappa shape index (κ3) is 1.82. The fraction of sp³-hybridized carbons (Fsp3) is 0. The summed E-state index contributed by atoms with van der Waals surface area (Å²) < 4.78 is 0. The highest BCUT2D eigenvalue weighted by molar-refractivity contribution is 6.31. The Morgan fingerprint density at radius 1 is 0.778 bits per heavy atom. The van der Waals surface area contributed by atoms with E-state index in [-0.39, 0.29) is 5.43 Å². The molecule has 88 valence electrons. The molecule has 0 unspecified atom stereocenters. The average molecular weight is 277 g/mol. The normalized spacial score (nSPS) is 11.0. The Morgan fingerprint density at radius 2 is 1.22 bits per heavy atom. The Hall–Kier alpha value is -1.71. The van der Waals surface area contributed by atoms with Gasteiger partial charge in [-0.05, 0) is 36.4 Å². The van der Waals surface area contributed by atoms with Crippen LogP contribution in [0.4, 0.5) is 0 Å². The van der Waals surface area contributed by atoms with Crippen LogP contribution in [0.2, 0.25) is 10.0 Å². The molecule has 0 spiro atoms. The maximum atomic E-state index is 12.3. The lowest BCUT2D eigenvalue weighted by atomic mass is 10.1. The van der Waals surface area contributed by atoms with Crippen LogP contribution in [0.5, 0.6) is 0 Å².